The monoisotopic (exact) mass is 613 g/mol. The van der Waals surface area contributed by atoms with Crippen LogP contribution in [-0.2, 0) is 16.1 Å². The summed E-state index contributed by atoms with van der Waals surface area (Å²) in [5.41, 5.74) is 1.60. The van der Waals surface area contributed by atoms with E-state index in [2.05, 4.69) is 0 Å². The van der Waals surface area contributed by atoms with Crippen molar-refractivity contribution in [1.82, 2.24) is 0 Å². The van der Waals surface area contributed by atoms with Gasteiger partial charge in [-0.05, 0) is 42.0 Å². The molecule has 7 nitrogen and oxygen atoms in total. The van der Waals surface area contributed by atoms with Gasteiger partial charge in [0.2, 0.25) is 5.91 Å². The Morgan fingerprint density at radius 1 is 0.953 bits per heavy atom. The normalized spacial score (nSPS) is 20.6. The van der Waals surface area contributed by atoms with E-state index in [0.29, 0.717) is 24.4 Å². The van der Waals surface area contributed by atoms with Crippen LogP contribution >= 0.6 is 0 Å². The Bertz CT molecular complexity index is 1400. The number of piperidine rings is 3. The Morgan fingerprint density at radius 2 is 1.67 bits per heavy atom. The third-order valence-electron chi connectivity index (χ3n) is 8.67. The van der Waals surface area contributed by atoms with Crippen LogP contribution in [0.25, 0.3) is 0 Å². The highest BCUT2D eigenvalue weighted by molar-refractivity contribution is 5.91. The Hall–Kier alpha value is -3.69. The molecule has 3 aromatic carbocycles. The molecule has 3 aliphatic rings. The maximum absolute atomic E-state index is 14.8. The van der Waals surface area contributed by atoms with Crippen LogP contribution in [0.1, 0.15) is 31.7 Å². The zero-order chi connectivity index (χ0) is 29.7. The summed E-state index contributed by atoms with van der Waals surface area (Å²) in [6, 6.07) is 19.4. The summed E-state index contributed by atoms with van der Waals surface area (Å²) in [7, 11) is 1.61. The molecule has 230 valence electrons. The number of methoxy groups -OCH3 is 1. The first-order valence-electron chi connectivity index (χ1n) is 14.5. The van der Waals surface area contributed by atoms with Crippen molar-refractivity contribution >= 4 is 23.4 Å². The van der Waals surface area contributed by atoms with Crippen LogP contribution in [0.3, 0.4) is 0 Å². The molecule has 1 atom stereocenters. The summed E-state index contributed by atoms with van der Waals surface area (Å²) in [5.74, 6) is 0.0248. The van der Waals surface area contributed by atoms with Crippen molar-refractivity contribution in [3.63, 3.8) is 0 Å². The zero-order valence-corrected chi connectivity index (χ0v) is 25.3. The van der Waals surface area contributed by atoms with Gasteiger partial charge in [0.05, 0.1) is 39.0 Å². The van der Waals surface area contributed by atoms with Crippen molar-refractivity contribution in [2.45, 2.75) is 38.8 Å². The fourth-order valence-corrected chi connectivity index (χ4v) is 6.36. The predicted molar refractivity (Wildman–Crippen MR) is 157 cm³/mol. The van der Waals surface area contributed by atoms with E-state index < -0.39 is 11.9 Å². The molecule has 3 aliphatic heterocycles. The van der Waals surface area contributed by atoms with E-state index in [0.717, 1.165) is 49.1 Å². The lowest BCUT2D eigenvalue weighted by atomic mass is 9.83. The van der Waals surface area contributed by atoms with Gasteiger partial charge in [0.25, 0.3) is 0 Å². The lowest BCUT2D eigenvalue weighted by molar-refractivity contribution is -0.946. The van der Waals surface area contributed by atoms with Crippen LogP contribution in [0, 0.1) is 17.6 Å². The quantitative estimate of drug-likeness (QED) is 0.330. The van der Waals surface area contributed by atoms with Crippen molar-refractivity contribution < 1.29 is 44.7 Å². The van der Waals surface area contributed by atoms with E-state index in [9.17, 15) is 18.4 Å². The number of carbonyl (C=O) groups is 2. The number of carbonyl (C=O) groups excluding carboxylic acids is 2. The average Bonchev–Trinajstić information content (AvgIpc) is 3.00. The Morgan fingerprint density at radius 3 is 2.35 bits per heavy atom. The number of para-hydroxylation sites is 1. The largest absolute Gasteiger partial charge is 1.00 e. The minimum Gasteiger partial charge on any atom is -1.00 e. The standard InChI is InChI=1S/C33H38F2N3O4.ClH/c1-24(39)36(28-7-5-8-29(21-28)41-2)17-6-18-38-19-15-26(16-20-38)32(23-38)42-33(40)37(31-10-4-3-9-30(31)35)22-25-11-13-27(34)14-12-25;/h3-5,7-14,21,26,32H,6,15-20,22-23H2,1-2H3;1H/q+1;/p-1/t26?,32-,38?;/m0./s1. The molecule has 3 saturated heterocycles. The molecule has 0 unspecified atom stereocenters. The van der Waals surface area contributed by atoms with Gasteiger partial charge in [-0.15, -0.1) is 0 Å². The molecule has 0 radical (unpaired) electrons. The van der Waals surface area contributed by atoms with Crippen molar-refractivity contribution in [2.75, 3.05) is 49.6 Å². The molecular formula is C33H38ClF2N3O4. The Labute approximate surface area is 258 Å². The smallest absolute Gasteiger partial charge is 0.415 e. The molecule has 3 aromatic rings. The molecule has 43 heavy (non-hydrogen) atoms. The fraction of sp³-hybridized carbons (Fsp3) is 0.394. The minimum absolute atomic E-state index is 0. The summed E-state index contributed by atoms with van der Waals surface area (Å²) in [6.45, 7) is 5.77. The van der Waals surface area contributed by atoms with E-state index >= 15 is 0 Å². The SMILES string of the molecule is COc1cccc(N(CCC[N+]23CCC(CC2)[C@@H](OC(=O)N(Cc2ccc(F)cc2)c2ccccc2F)C3)C(C)=O)c1.[Cl-]. The molecule has 0 aliphatic carbocycles. The third-order valence-corrected chi connectivity index (χ3v) is 8.67. The number of halogens is 3. The maximum atomic E-state index is 14.8. The summed E-state index contributed by atoms with van der Waals surface area (Å²) >= 11 is 0. The zero-order valence-electron chi connectivity index (χ0n) is 24.6. The van der Waals surface area contributed by atoms with E-state index in [1.807, 2.05) is 24.3 Å². The number of anilines is 2. The number of rotatable bonds is 10. The summed E-state index contributed by atoms with van der Waals surface area (Å²) in [5, 5.41) is 0. The van der Waals surface area contributed by atoms with Crippen molar-refractivity contribution in [1.29, 1.82) is 0 Å². The van der Waals surface area contributed by atoms with Gasteiger partial charge in [-0.25, -0.2) is 13.6 Å². The number of ether oxygens (including phenoxy) is 2. The van der Waals surface area contributed by atoms with Gasteiger partial charge in [-0.3, -0.25) is 9.69 Å². The number of hydrogen-bond acceptors (Lipinski definition) is 4. The van der Waals surface area contributed by atoms with Gasteiger partial charge in [0.1, 0.15) is 23.9 Å². The number of nitrogens with zero attached hydrogens (tertiary/aromatic N) is 3. The van der Waals surface area contributed by atoms with Crippen LogP contribution < -0.4 is 26.9 Å². The van der Waals surface area contributed by atoms with E-state index in [1.165, 1.54) is 23.1 Å². The molecule has 3 fully saturated rings. The number of amides is 2. The highest BCUT2D eigenvalue weighted by Gasteiger charge is 2.47. The number of benzene rings is 3. The molecule has 3 heterocycles. The van der Waals surface area contributed by atoms with E-state index in [1.54, 1.807) is 49.3 Å². The maximum Gasteiger partial charge on any atom is 0.415 e. The van der Waals surface area contributed by atoms with Gasteiger partial charge in [0.15, 0.2) is 6.10 Å². The average molecular weight is 614 g/mol. The molecule has 0 saturated carbocycles. The predicted octanol–water partition coefficient (Wildman–Crippen LogP) is 3.17. The fourth-order valence-electron chi connectivity index (χ4n) is 6.36. The third kappa shape index (κ3) is 7.64. The summed E-state index contributed by atoms with van der Waals surface area (Å²) in [4.78, 5) is 29.2. The van der Waals surface area contributed by atoms with Crippen molar-refractivity contribution in [3.8, 4) is 5.75 Å². The van der Waals surface area contributed by atoms with Gasteiger partial charge < -0.3 is 31.3 Å². The summed E-state index contributed by atoms with van der Waals surface area (Å²) < 4.78 is 40.6. The Kier molecular flexibility index (Phi) is 10.6. The van der Waals surface area contributed by atoms with Crippen LogP contribution in [0.5, 0.6) is 5.75 Å². The minimum atomic E-state index is -0.609. The first-order chi connectivity index (χ1) is 20.3. The highest BCUT2D eigenvalue weighted by atomic mass is 35.5. The first kappa shape index (κ1) is 32.2. The summed E-state index contributed by atoms with van der Waals surface area (Å²) in [6.07, 6.45) is 1.80. The van der Waals surface area contributed by atoms with Gasteiger partial charge in [-0.2, -0.15) is 0 Å². The van der Waals surface area contributed by atoms with Crippen LogP contribution in [0.2, 0.25) is 0 Å². The lowest BCUT2D eigenvalue weighted by Gasteiger charge is -2.52. The van der Waals surface area contributed by atoms with Gasteiger partial charge in [-0.1, -0.05) is 30.3 Å². The van der Waals surface area contributed by atoms with Crippen molar-refractivity contribution in [2.24, 2.45) is 5.92 Å². The molecule has 2 amide bonds. The number of quaternary nitrogens is 1. The number of hydrogen-bond donors (Lipinski definition) is 0. The molecule has 2 bridgehead atoms. The van der Waals surface area contributed by atoms with E-state index in [4.69, 9.17) is 9.47 Å². The van der Waals surface area contributed by atoms with E-state index in [-0.39, 0.29) is 48.4 Å². The second-order valence-corrected chi connectivity index (χ2v) is 11.3. The Balaban J connectivity index is 0.00000423. The van der Waals surface area contributed by atoms with Gasteiger partial charge in [0, 0.05) is 50.4 Å². The highest BCUT2D eigenvalue weighted by Crippen LogP contribution is 2.37. The number of fused-ring (bicyclic) bond motifs is 3. The van der Waals surface area contributed by atoms with Crippen LogP contribution in [0.15, 0.2) is 72.8 Å². The lowest BCUT2D eigenvalue weighted by Crippen LogP contribution is -3.00. The second kappa shape index (κ2) is 14.2. The molecule has 6 rings (SSSR count). The van der Waals surface area contributed by atoms with Crippen molar-refractivity contribution in [3.05, 3.63) is 90.0 Å². The molecule has 0 spiro atoms. The molecule has 0 N–H and O–H groups in total. The van der Waals surface area contributed by atoms with Crippen LogP contribution in [0.4, 0.5) is 25.0 Å². The molecular weight excluding hydrogens is 576 g/mol. The van der Waals surface area contributed by atoms with Crippen LogP contribution in [-0.4, -0.2) is 62.4 Å². The first-order valence-corrected chi connectivity index (χ1v) is 14.5. The van der Waals surface area contributed by atoms with Gasteiger partial charge >= 0.3 is 6.09 Å². The topological polar surface area (TPSA) is 59.1 Å². The second-order valence-electron chi connectivity index (χ2n) is 11.3. The molecule has 0 aromatic heterocycles. The molecule has 10 heteroatoms.